The van der Waals surface area contributed by atoms with Gasteiger partial charge in [-0.15, -0.1) is 0 Å². The Kier molecular flexibility index (Phi) is 4.29. The van der Waals surface area contributed by atoms with Crippen molar-refractivity contribution < 1.29 is 9.69 Å². The van der Waals surface area contributed by atoms with Gasteiger partial charge in [0.1, 0.15) is 5.82 Å². The SMILES string of the molecule is C[NH+]1CCN(C(=O)c2ccc3c(=O)n4c(nc3c2)CCCCC4)CC1. The first kappa shape index (κ1) is 16.3. The number of benzene rings is 1. The molecule has 1 amide bonds. The number of aromatic nitrogens is 2. The molecule has 0 radical (unpaired) electrons. The molecule has 0 unspecified atom stereocenters. The van der Waals surface area contributed by atoms with E-state index in [-0.39, 0.29) is 11.5 Å². The van der Waals surface area contributed by atoms with Crippen LogP contribution in [0.15, 0.2) is 23.0 Å². The fraction of sp³-hybridized carbons (Fsp3) is 0.526. The summed E-state index contributed by atoms with van der Waals surface area (Å²) >= 11 is 0. The Morgan fingerprint density at radius 2 is 1.92 bits per heavy atom. The summed E-state index contributed by atoms with van der Waals surface area (Å²) in [7, 11) is 2.15. The van der Waals surface area contributed by atoms with Crippen LogP contribution in [0.5, 0.6) is 0 Å². The number of fused-ring (bicyclic) bond motifs is 2. The molecule has 0 saturated carbocycles. The molecule has 1 aromatic heterocycles. The van der Waals surface area contributed by atoms with Gasteiger partial charge in [-0.05, 0) is 31.0 Å². The highest BCUT2D eigenvalue weighted by molar-refractivity contribution is 5.97. The minimum atomic E-state index is 0.0316. The molecule has 3 heterocycles. The fourth-order valence-electron chi connectivity index (χ4n) is 3.83. The van der Waals surface area contributed by atoms with E-state index in [2.05, 4.69) is 7.05 Å². The lowest BCUT2D eigenvalue weighted by atomic mass is 10.1. The molecule has 25 heavy (non-hydrogen) atoms. The summed E-state index contributed by atoms with van der Waals surface area (Å²) < 4.78 is 1.82. The molecule has 6 nitrogen and oxygen atoms in total. The maximum Gasteiger partial charge on any atom is 0.261 e. The summed E-state index contributed by atoms with van der Waals surface area (Å²) in [6.07, 6.45) is 4.07. The highest BCUT2D eigenvalue weighted by atomic mass is 16.2. The van der Waals surface area contributed by atoms with Gasteiger partial charge < -0.3 is 9.80 Å². The lowest BCUT2D eigenvalue weighted by Crippen LogP contribution is -3.12. The second-order valence-corrected chi connectivity index (χ2v) is 7.28. The summed E-state index contributed by atoms with van der Waals surface area (Å²) in [6.45, 7) is 4.27. The van der Waals surface area contributed by atoms with Gasteiger partial charge in [0.15, 0.2) is 0 Å². The van der Waals surface area contributed by atoms with Crippen molar-refractivity contribution in [2.45, 2.75) is 32.2 Å². The molecule has 2 aliphatic rings. The topological polar surface area (TPSA) is 59.6 Å². The van der Waals surface area contributed by atoms with Crippen LogP contribution >= 0.6 is 0 Å². The second-order valence-electron chi connectivity index (χ2n) is 7.28. The molecule has 0 atom stereocenters. The van der Waals surface area contributed by atoms with Gasteiger partial charge >= 0.3 is 0 Å². The zero-order valence-corrected chi connectivity index (χ0v) is 14.8. The van der Waals surface area contributed by atoms with E-state index in [1.54, 1.807) is 18.2 Å². The number of quaternary nitrogens is 1. The minimum Gasteiger partial charge on any atom is -0.334 e. The van der Waals surface area contributed by atoms with E-state index in [1.165, 1.54) is 4.90 Å². The Morgan fingerprint density at radius 1 is 1.12 bits per heavy atom. The van der Waals surface area contributed by atoms with Crippen LogP contribution in [0, 0.1) is 0 Å². The lowest BCUT2D eigenvalue weighted by molar-refractivity contribution is -0.883. The molecular weight excluding hydrogens is 316 g/mol. The number of hydrogen-bond acceptors (Lipinski definition) is 3. The first-order valence-corrected chi connectivity index (χ1v) is 9.27. The molecule has 4 rings (SSSR count). The Hall–Kier alpha value is -2.21. The van der Waals surface area contributed by atoms with E-state index in [1.807, 2.05) is 9.47 Å². The van der Waals surface area contributed by atoms with Crippen molar-refractivity contribution >= 4 is 16.8 Å². The lowest BCUT2D eigenvalue weighted by Gasteiger charge is -2.30. The van der Waals surface area contributed by atoms with Gasteiger partial charge in [-0.25, -0.2) is 4.98 Å². The number of hydrogen-bond donors (Lipinski definition) is 1. The number of nitrogens with zero attached hydrogens (tertiary/aromatic N) is 3. The van der Waals surface area contributed by atoms with E-state index in [9.17, 15) is 9.59 Å². The molecule has 0 bridgehead atoms. The van der Waals surface area contributed by atoms with Gasteiger partial charge in [-0.1, -0.05) is 6.42 Å². The molecule has 1 saturated heterocycles. The Bertz CT molecular complexity index is 866. The van der Waals surface area contributed by atoms with Gasteiger partial charge in [-0.3, -0.25) is 14.2 Å². The third-order valence-corrected chi connectivity index (χ3v) is 5.47. The highest BCUT2D eigenvalue weighted by Gasteiger charge is 2.23. The van der Waals surface area contributed by atoms with E-state index in [4.69, 9.17) is 4.98 Å². The number of carbonyl (C=O) groups excluding carboxylic acids is 1. The minimum absolute atomic E-state index is 0.0316. The Labute approximate surface area is 147 Å². The maximum atomic E-state index is 12.8. The van der Waals surface area contributed by atoms with Gasteiger partial charge in [0.2, 0.25) is 0 Å². The number of carbonyl (C=O) groups is 1. The van der Waals surface area contributed by atoms with Crippen molar-refractivity contribution in [2.24, 2.45) is 0 Å². The standard InChI is InChI=1S/C19H24N4O2/c1-21-9-11-22(12-10-21)18(24)14-6-7-15-16(13-14)20-17-5-3-2-4-8-23(17)19(15)25/h6-7,13H,2-5,8-12H2,1H3/p+1. The van der Waals surface area contributed by atoms with Crippen molar-refractivity contribution in [1.82, 2.24) is 14.5 Å². The van der Waals surface area contributed by atoms with Crippen LogP contribution in [0.1, 0.15) is 35.4 Å². The molecular formula is C19H25N4O2+. The molecule has 0 aliphatic carbocycles. The Morgan fingerprint density at radius 3 is 2.72 bits per heavy atom. The molecule has 0 spiro atoms. The van der Waals surface area contributed by atoms with Crippen molar-refractivity contribution in [2.75, 3.05) is 33.2 Å². The zero-order valence-electron chi connectivity index (χ0n) is 14.8. The van der Waals surface area contributed by atoms with Crippen molar-refractivity contribution in [3.63, 3.8) is 0 Å². The van der Waals surface area contributed by atoms with Gasteiger partial charge in [0, 0.05) is 18.5 Å². The smallest absolute Gasteiger partial charge is 0.261 e. The van der Waals surface area contributed by atoms with Crippen LogP contribution in [0.25, 0.3) is 10.9 Å². The number of likely N-dealkylation sites (N-methyl/N-ethyl adjacent to an activating group) is 1. The van der Waals surface area contributed by atoms with E-state index < -0.39 is 0 Å². The number of amides is 1. The third-order valence-electron chi connectivity index (χ3n) is 5.47. The largest absolute Gasteiger partial charge is 0.334 e. The summed E-state index contributed by atoms with van der Waals surface area (Å²) in [6, 6.07) is 5.36. The van der Waals surface area contributed by atoms with Crippen LogP contribution in [0.2, 0.25) is 0 Å². The van der Waals surface area contributed by atoms with Gasteiger partial charge in [0.05, 0.1) is 44.1 Å². The molecule has 2 aliphatic heterocycles. The molecule has 6 heteroatoms. The highest BCUT2D eigenvalue weighted by Crippen LogP contribution is 2.17. The van der Waals surface area contributed by atoms with Crippen LogP contribution < -0.4 is 10.5 Å². The van der Waals surface area contributed by atoms with E-state index >= 15 is 0 Å². The number of nitrogens with one attached hydrogen (secondary N) is 1. The van der Waals surface area contributed by atoms with Gasteiger partial charge in [0.25, 0.3) is 11.5 Å². The van der Waals surface area contributed by atoms with Crippen LogP contribution in [0.3, 0.4) is 0 Å². The van der Waals surface area contributed by atoms with Crippen LogP contribution in [-0.4, -0.2) is 53.6 Å². The molecule has 132 valence electrons. The molecule has 2 aromatic rings. The first-order valence-electron chi connectivity index (χ1n) is 9.27. The van der Waals surface area contributed by atoms with Crippen LogP contribution in [0.4, 0.5) is 0 Å². The monoisotopic (exact) mass is 341 g/mol. The fourth-order valence-corrected chi connectivity index (χ4v) is 3.83. The van der Waals surface area contributed by atoms with Crippen molar-refractivity contribution in [3.8, 4) is 0 Å². The maximum absolute atomic E-state index is 12.8. The average Bonchev–Trinajstić information content (AvgIpc) is 2.87. The predicted molar refractivity (Wildman–Crippen MR) is 96.1 cm³/mol. The third kappa shape index (κ3) is 3.06. The number of piperazine rings is 1. The predicted octanol–water partition coefficient (Wildman–Crippen LogP) is 0.0934. The molecule has 1 aromatic carbocycles. The zero-order chi connectivity index (χ0) is 17.4. The van der Waals surface area contributed by atoms with Gasteiger partial charge in [-0.2, -0.15) is 0 Å². The van der Waals surface area contributed by atoms with Crippen LogP contribution in [-0.2, 0) is 13.0 Å². The summed E-state index contributed by atoms with van der Waals surface area (Å²) in [4.78, 5) is 33.6. The second kappa shape index (κ2) is 6.59. The Balaban J connectivity index is 1.70. The summed E-state index contributed by atoms with van der Waals surface area (Å²) in [5, 5.41) is 0.616. The summed E-state index contributed by atoms with van der Waals surface area (Å²) in [5.74, 6) is 0.911. The van der Waals surface area contributed by atoms with E-state index in [0.29, 0.717) is 16.5 Å². The quantitative estimate of drug-likeness (QED) is 0.800. The van der Waals surface area contributed by atoms with Crippen molar-refractivity contribution in [3.05, 3.63) is 39.9 Å². The first-order chi connectivity index (χ1) is 12.1. The van der Waals surface area contributed by atoms with E-state index in [0.717, 1.165) is 64.2 Å². The molecule has 1 fully saturated rings. The number of aryl methyl sites for hydroxylation is 1. The number of rotatable bonds is 1. The summed E-state index contributed by atoms with van der Waals surface area (Å²) in [5.41, 5.74) is 1.32. The van der Waals surface area contributed by atoms with Crippen molar-refractivity contribution in [1.29, 1.82) is 0 Å². The molecule has 1 N–H and O–H groups in total. The average molecular weight is 341 g/mol. The normalized spacial score (nSPS) is 18.8.